The largest absolute Gasteiger partial charge is 0.251 e. The third kappa shape index (κ3) is 23.9. The van der Waals surface area contributed by atoms with Crippen LogP contribution in [0.3, 0.4) is 0 Å². The van der Waals surface area contributed by atoms with Crippen molar-refractivity contribution in [3.63, 3.8) is 0 Å². The maximum atomic E-state index is 12.0. The molecule has 0 spiro atoms. The zero-order valence-corrected chi connectivity index (χ0v) is 19.2. The van der Waals surface area contributed by atoms with Crippen molar-refractivity contribution in [3.05, 3.63) is 0 Å². The van der Waals surface area contributed by atoms with Crippen LogP contribution in [0.2, 0.25) is 0 Å². The van der Waals surface area contributed by atoms with Crippen molar-refractivity contribution in [3.8, 4) is 0 Å². The molecular formula is C26H53F. The number of halogens is 1. The van der Waals surface area contributed by atoms with Crippen LogP contribution in [0.1, 0.15) is 155 Å². The molecule has 0 amide bonds. The average Bonchev–Trinajstić information content (AvgIpc) is 2.67. The maximum Gasteiger partial charge on any atom is 0.0894 e. The lowest BCUT2D eigenvalue weighted by atomic mass is 9.96. The van der Waals surface area contributed by atoms with E-state index in [1.165, 1.54) is 128 Å². The van der Waals surface area contributed by atoms with E-state index in [9.17, 15) is 4.39 Å². The lowest BCUT2D eigenvalue weighted by Crippen LogP contribution is -1.95. The van der Waals surface area contributed by atoms with Crippen LogP contribution in [0.4, 0.5) is 4.39 Å². The van der Waals surface area contributed by atoms with E-state index in [1.54, 1.807) is 0 Å². The SMILES string of the molecule is CCCCCCCCCCCCCCCCCCC(C)CCCCCCF. The second-order valence-electron chi connectivity index (χ2n) is 9.09. The molecule has 0 aliphatic heterocycles. The van der Waals surface area contributed by atoms with Gasteiger partial charge in [0.15, 0.2) is 0 Å². The second kappa shape index (κ2) is 24.0. The summed E-state index contributed by atoms with van der Waals surface area (Å²) < 4.78 is 12.0. The first-order chi connectivity index (χ1) is 13.3. The Morgan fingerprint density at radius 2 is 0.741 bits per heavy atom. The van der Waals surface area contributed by atoms with E-state index in [4.69, 9.17) is 0 Å². The van der Waals surface area contributed by atoms with Crippen LogP contribution in [-0.4, -0.2) is 6.67 Å². The zero-order chi connectivity index (χ0) is 19.8. The average molecular weight is 385 g/mol. The molecule has 1 atom stereocenters. The predicted octanol–water partition coefficient (Wildman–Crippen LogP) is 10.2. The molecule has 1 heteroatoms. The molecule has 0 radical (unpaired) electrons. The Balaban J connectivity index is 3.08. The Labute approximate surface area is 172 Å². The summed E-state index contributed by atoms with van der Waals surface area (Å²) in [6, 6.07) is 0. The number of hydrogen-bond donors (Lipinski definition) is 0. The van der Waals surface area contributed by atoms with Gasteiger partial charge in [0, 0.05) is 0 Å². The van der Waals surface area contributed by atoms with Crippen LogP contribution < -0.4 is 0 Å². The van der Waals surface area contributed by atoms with E-state index in [1.807, 2.05) is 0 Å². The van der Waals surface area contributed by atoms with E-state index < -0.39 is 0 Å². The minimum Gasteiger partial charge on any atom is -0.251 e. The lowest BCUT2D eigenvalue weighted by molar-refractivity contribution is 0.417. The van der Waals surface area contributed by atoms with Gasteiger partial charge in [-0.3, -0.25) is 4.39 Å². The van der Waals surface area contributed by atoms with Crippen LogP contribution >= 0.6 is 0 Å². The van der Waals surface area contributed by atoms with E-state index >= 15 is 0 Å². The summed E-state index contributed by atoms with van der Waals surface area (Å²) in [5.74, 6) is 0.877. The summed E-state index contributed by atoms with van der Waals surface area (Å²) in [6.07, 6.45) is 30.4. The molecule has 0 nitrogen and oxygen atoms in total. The summed E-state index contributed by atoms with van der Waals surface area (Å²) in [5, 5.41) is 0. The van der Waals surface area contributed by atoms with Gasteiger partial charge in [-0.05, 0) is 12.3 Å². The third-order valence-electron chi connectivity index (χ3n) is 6.13. The summed E-state index contributed by atoms with van der Waals surface area (Å²) in [5.41, 5.74) is 0. The monoisotopic (exact) mass is 384 g/mol. The first-order valence-corrected chi connectivity index (χ1v) is 12.9. The van der Waals surface area contributed by atoms with E-state index in [0.717, 1.165) is 18.8 Å². The topological polar surface area (TPSA) is 0 Å². The lowest BCUT2D eigenvalue weighted by Gasteiger charge is -2.10. The molecule has 0 aliphatic rings. The normalized spacial score (nSPS) is 12.6. The minimum atomic E-state index is -0.130. The van der Waals surface area contributed by atoms with Crippen molar-refractivity contribution in [2.75, 3.05) is 6.67 Å². The van der Waals surface area contributed by atoms with Gasteiger partial charge < -0.3 is 0 Å². The van der Waals surface area contributed by atoms with E-state index in [2.05, 4.69) is 13.8 Å². The van der Waals surface area contributed by atoms with Crippen molar-refractivity contribution < 1.29 is 4.39 Å². The fraction of sp³-hybridized carbons (Fsp3) is 1.00. The molecule has 27 heavy (non-hydrogen) atoms. The van der Waals surface area contributed by atoms with Crippen LogP contribution in [0, 0.1) is 5.92 Å². The molecule has 0 N–H and O–H groups in total. The second-order valence-corrected chi connectivity index (χ2v) is 9.09. The summed E-state index contributed by atoms with van der Waals surface area (Å²) in [4.78, 5) is 0. The summed E-state index contributed by atoms with van der Waals surface area (Å²) >= 11 is 0. The molecule has 0 rings (SSSR count). The van der Waals surface area contributed by atoms with Crippen LogP contribution in [0.25, 0.3) is 0 Å². The van der Waals surface area contributed by atoms with E-state index in [-0.39, 0.29) is 6.67 Å². The molecule has 0 aromatic carbocycles. The van der Waals surface area contributed by atoms with Crippen molar-refractivity contribution in [2.45, 2.75) is 155 Å². The quantitative estimate of drug-likeness (QED) is 0.154. The Morgan fingerprint density at radius 1 is 0.444 bits per heavy atom. The Kier molecular flexibility index (Phi) is 23.9. The van der Waals surface area contributed by atoms with Gasteiger partial charge in [-0.2, -0.15) is 0 Å². The van der Waals surface area contributed by atoms with Crippen LogP contribution in [0.15, 0.2) is 0 Å². The highest BCUT2D eigenvalue weighted by Crippen LogP contribution is 2.18. The highest BCUT2D eigenvalue weighted by atomic mass is 19.1. The number of hydrogen-bond acceptors (Lipinski definition) is 0. The number of unbranched alkanes of at least 4 members (excludes halogenated alkanes) is 18. The van der Waals surface area contributed by atoms with Crippen LogP contribution in [-0.2, 0) is 0 Å². The molecule has 164 valence electrons. The first-order valence-electron chi connectivity index (χ1n) is 12.9. The molecule has 0 aromatic rings. The van der Waals surface area contributed by atoms with Gasteiger partial charge in [0.2, 0.25) is 0 Å². The van der Waals surface area contributed by atoms with Gasteiger partial charge in [0.25, 0.3) is 0 Å². The Hall–Kier alpha value is -0.0700. The molecule has 0 aromatic heterocycles. The highest BCUT2D eigenvalue weighted by molar-refractivity contribution is 4.56. The molecule has 0 saturated carbocycles. The van der Waals surface area contributed by atoms with E-state index in [0.29, 0.717) is 0 Å². The van der Waals surface area contributed by atoms with Gasteiger partial charge in [0.05, 0.1) is 6.67 Å². The molecule has 0 fully saturated rings. The molecule has 0 heterocycles. The van der Waals surface area contributed by atoms with Gasteiger partial charge in [0.1, 0.15) is 0 Å². The molecule has 0 aliphatic carbocycles. The highest BCUT2D eigenvalue weighted by Gasteiger charge is 2.02. The Bertz CT molecular complexity index is 251. The van der Waals surface area contributed by atoms with Gasteiger partial charge >= 0.3 is 0 Å². The number of alkyl halides is 1. The zero-order valence-electron chi connectivity index (χ0n) is 19.2. The number of rotatable bonds is 23. The van der Waals surface area contributed by atoms with Gasteiger partial charge in [-0.25, -0.2) is 0 Å². The first kappa shape index (κ1) is 26.9. The van der Waals surface area contributed by atoms with Crippen molar-refractivity contribution in [1.82, 2.24) is 0 Å². The minimum absolute atomic E-state index is 0.130. The maximum absolute atomic E-state index is 12.0. The predicted molar refractivity (Wildman–Crippen MR) is 122 cm³/mol. The molecular weight excluding hydrogens is 331 g/mol. The van der Waals surface area contributed by atoms with Crippen molar-refractivity contribution in [1.29, 1.82) is 0 Å². The fourth-order valence-electron chi connectivity index (χ4n) is 4.13. The van der Waals surface area contributed by atoms with Crippen molar-refractivity contribution in [2.24, 2.45) is 5.92 Å². The summed E-state index contributed by atoms with van der Waals surface area (Å²) in [6.45, 7) is 4.57. The standard InChI is InChI=1S/C26H53F/c1-3-4-5-6-7-8-9-10-11-12-13-14-15-16-17-20-23-26(2)24-21-18-19-22-25-27/h26H,3-25H2,1-2H3. The third-order valence-corrected chi connectivity index (χ3v) is 6.13. The molecule has 0 bridgehead atoms. The fourth-order valence-corrected chi connectivity index (χ4v) is 4.13. The van der Waals surface area contributed by atoms with Gasteiger partial charge in [-0.1, -0.05) is 149 Å². The molecule has 1 unspecified atom stereocenters. The smallest absolute Gasteiger partial charge is 0.0894 e. The van der Waals surface area contributed by atoms with Crippen molar-refractivity contribution >= 4 is 0 Å². The van der Waals surface area contributed by atoms with Gasteiger partial charge in [-0.15, -0.1) is 0 Å². The summed E-state index contributed by atoms with van der Waals surface area (Å²) in [7, 11) is 0. The Morgan fingerprint density at radius 3 is 1.07 bits per heavy atom. The van der Waals surface area contributed by atoms with Crippen LogP contribution in [0.5, 0.6) is 0 Å². The molecule has 0 saturated heterocycles.